The highest BCUT2D eigenvalue weighted by molar-refractivity contribution is 5.79. The summed E-state index contributed by atoms with van der Waals surface area (Å²) in [5, 5.41) is 6.85. The van der Waals surface area contributed by atoms with E-state index in [1.54, 1.807) is 7.11 Å². The Morgan fingerprint density at radius 2 is 1.92 bits per heavy atom. The van der Waals surface area contributed by atoms with Crippen LogP contribution in [0.3, 0.4) is 0 Å². The molecule has 1 aromatic heterocycles. The molecule has 146 valence electrons. The molecular formula is C20H35N5O. The second-order valence-electron chi connectivity index (χ2n) is 7.24. The van der Waals surface area contributed by atoms with Crippen LogP contribution in [-0.4, -0.2) is 55.7 Å². The molecule has 1 aromatic rings. The summed E-state index contributed by atoms with van der Waals surface area (Å²) < 4.78 is 5.18. The first-order chi connectivity index (χ1) is 12.6. The lowest BCUT2D eigenvalue weighted by Gasteiger charge is -2.34. The summed E-state index contributed by atoms with van der Waals surface area (Å²) in [6.07, 6.45) is 5.37. The van der Waals surface area contributed by atoms with E-state index in [0.29, 0.717) is 24.4 Å². The summed E-state index contributed by atoms with van der Waals surface area (Å²) >= 11 is 0. The molecule has 2 heterocycles. The van der Waals surface area contributed by atoms with Gasteiger partial charge in [0.25, 0.3) is 0 Å². The molecule has 1 fully saturated rings. The fraction of sp³-hybridized carbons (Fsp3) is 0.700. The minimum atomic E-state index is 0.529. The van der Waals surface area contributed by atoms with Gasteiger partial charge in [-0.05, 0) is 37.9 Å². The number of aliphatic imine (C=N–C) groups is 1. The number of pyridine rings is 1. The topological polar surface area (TPSA) is 61.8 Å². The van der Waals surface area contributed by atoms with Gasteiger partial charge in [-0.15, -0.1) is 0 Å². The number of rotatable bonds is 7. The largest absolute Gasteiger partial charge is 0.481 e. The normalized spacial score (nSPS) is 17.7. The maximum Gasteiger partial charge on any atom is 0.213 e. The summed E-state index contributed by atoms with van der Waals surface area (Å²) in [5.41, 5.74) is 0.931. The summed E-state index contributed by atoms with van der Waals surface area (Å²) in [5.74, 6) is 2.06. The van der Waals surface area contributed by atoms with Gasteiger partial charge in [-0.3, -0.25) is 9.89 Å². The minimum absolute atomic E-state index is 0.529. The van der Waals surface area contributed by atoms with Crippen LogP contribution in [0.4, 0.5) is 0 Å². The molecule has 26 heavy (non-hydrogen) atoms. The standard InChI is InChI=1S/C20H35N5O/c1-16(2)18(25-12-7-5-6-8-13-25)15-23-20(21-3)22-14-17-10-9-11-19(24-17)26-4/h9-11,16,18H,5-8,12-15H2,1-4H3,(H2,21,22,23). The van der Waals surface area contributed by atoms with Gasteiger partial charge in [-0.2, -0.15) is 0 Å². The third-order valence-electron chi connectivity index (χ3n) is 5.01. The lowest BCUT2D eigenvalue weighted by molar-refractivity contribution is 0.161. The van der Waals surface area contributed by atoms with Crippen molar-refractivity contribution in [3.63, 3.8) is 0 Å². The van der Waals surface area contributed by atoms with Crippen molar-refractivity contribution >= 4 is 5.96 Å². The van der Waals surface area contributed by atoms with E-state index in [2.05, 4.69) is 39.4 Å². The number of ether oxygens (including phenoxy) is 1. The van der Waals surface area contributed by atoms with Crippen LogP contribution in [0.25, 0.3) is 0 Å². The summed E-state index contributed by atoms with van der Waals surface area (Å²) in [4.78, 5) is 11.4. The Labute approximate surface area is 158 Å². The zero-order valence-corrected chi connectivity index (χ0v) is 16.8. The van der Waals surface area contributed by atoms with Gasteiger partial charge >= 0.3 is 0 Å². The molecule has 6 heteroatoms. The van der Waals surface area contributed by atoms with Gasteiger partial charge in [0.1, 0.15) is 0 Å². The third-order valence-corrected chi connectivity index (χ3v) is 5.01. The Kier molecular flexibility index (Phi) is 8.68. The molecule has 2 rings (SSSR count). The molecule has 0 saturated carbocycles. The molecule has 6 nitrogen and oxygen atoms in total. The first-order valence-corrected chi connectivity index (χ1v) is 9.82. The van der Waals surface area contributed by atoms with E-state index in [-0.39, 0.29) is 0 Å². The van der Waals surface area contributed by atoms with Crippen molar-refractivity contribution < 1.29 is 4.74 Å². The van der Waals surface area contributed by atoms with Crippen LogP contribution in [0.2, 0.25) is 0 Å². The van der Waals surface area contributed by atoms with Crippen molar-refractivity contribution in [3.05, 3.63) is 23.9 Å². The molecule has 1 aliphatic heterocycles. The smallest absolute Gasteiger partial charge is 0.213 e. The fourth-order valence-electron chi connectivity index (χ4n) is 3.48. The van der Waals surface area contributed by atoms with E-state index in [0.717, 1.165) is 18.2 Å². The van der Waals surface area contributed by atoms with Crippen molar-refractivity contribution in [1.82, 2.24) is 20.5 Å². The molecule has 0 aromatic carbocycles. The number of guanidine groups is 1. The van der Waals surface area contributed by atoms with E-state index in [1.165, 1.54) is 38.8 Å². The Morgan fingerprint density at radius 3 is 2.54 bits per heavy atom. The van der Waals surface area contributed by atoms with Crippen molar-refractivity contribution in [2.75, 3.05) is 33.8 Å². The second kappa shape index (κ2) is 11.0. The maximum atomic E-state index is 5.18. The first kappa shape index (κ1) is 20.5. The van der Waals surface area contributed by atoms with Gasteiger partial charge in [-0.25, -0.2) is 4.98 Å². The van der Waals surface area contributed by atoms with Crippen molar-refractivity contribution in [3.8, 4) is 5.88 Å². The number of hydrogen-bond acceptors (Lipinski definition) is 4. The Balaban J connectivity index is 1.87. The fourth-order valence-corrected chi connectivity index (χ4v) is 3.48. The molecule has 1 saturated heterocycles. The zero-order valence-electron chi connectivity index (χ0n) is 16.8. The van der Waals surface area contributed by atoms with E-state index < -0.39 is 0 Å². The third kappa shape index (κ3) is 6.48. The highest BCUT2D eigenvalue weighted by atomic mass is 16.5. The highest BCUT2D eigenvalue weighted by Gasteiger charge is 2.22. The van der Waals surface area contributed by atoms with E-state index >= 15 is 0 Å². The number of hydrogen-bond donors (Lipinski definition) is 2. The predicted molar refractivity (Wildman–Crippen MR) is 108 cm³/mol. The predicted octanol–water partition coefficient (Wildman–Crippen LogP) is 2.66. The van der Waals surface area contributed by atoms with Crippen molar-refractivity contribution in [1.29, 1.82) is 0 Å². The van der Waals surface area contributed by atoms with E-state index in [4.69, 9.17) is 4.74 Å². The molecule has 0 spiro atoms. The number of likely N-dealkylation sites (tertiary alicyclic amines) is 1. The highest BCUT2D eigenvalue weighted by Crippen LogP contribution is 2.17. The van der Waals surface area contributed by atoms with Crippen LogP contribution in [0.15, 0.2) is 23.2 Å². The average Bonchev–Trinajstić information content (AvgIpc) is 2.93. The number of nitrogens with zero attached hydrogens (tertiary/aromatic N) is 3. The van der Waals surface area contributed by atoms with E-state index in [9.17, 15) is 0 Å². The lowest BCUT2D eigenvalue weighted by atomic mass is 10.0. The van der Waals surface area contributed by atoms with Gasteiger partial charge in [0.2, 0.25) is 5.88 Å². The molecule has 0 aliphatic carbocycles. The number of methoxy groups -OCH3 is 1. The minimum Gasteiger partial charge on any atom is -0.481 e. The van der Waals surface area contributed by atoms with Gasteiger partial charge in [0.05, 0.1) is 19.3 Å². The molecule has 0 radical (unpaired) electrons. The van der Waals surface area contributed by atoms with Crippen molar-refractivity contribution in [2.45, 2.75) is 52.1 Å². The summed E-state index contributed by atoms with van der Waals surface area (Å²) in [6.45, 7) is 8.57. The van der Waals surface area contributed by atoms with Crippen LogP contribution in [0.1, 0.15) is 45.2 Å². The van der Waals surface area contributed by atoms with Crippen LogP contribution in [-0.2, 0) is 6.54 Å². The summed E-state index contributed by atoms with van der Waals surface area (Å²) in [7, 11) is 3.44. The Bertz CT molecular complexity index is 553. The summed E-state index contributed by atoms with van der Waals surface area (Å²) in [6, 6.07) is 6.32. The molecule has 0 amide bonds. The molecule has 1 aliphatic rings. The SMILES string of the molecule is CN=C(NCc1cccc(OC)n1)NCC(C(C)C)N1CCCCCC1. The first-order valence-electron chi connectivity index (χ1n) is 9.82. The van der Waals surface area contributed by atoms with E-state index in [1.807, 2.05) is 25.2 Å². The molecular weight excluding hydrogens is 326 g/mol. The Morgan fingerprint density at radius 1 is 1.19 bits per heavy atom. The van der Waals surface area contributed by atoms with Crippen LogP contribution >= 0.6 is 0 Å². The van der Waals surface area contributed by atoms with Crippen LogP contribution < -0.4 is 15.4 Å². The number of aromatic nitrogens is 1. The van der Waals surface area contributed by atoms with Crippen molar-refractivity contribution in [2.24, 2.45) is 10.9 Å². The molecule has 1 unspecified atom stereocenters. The zero-order chi connectivity index (χ0) is 18.8. The van der Waals surface area contributed by atoms with Gasteiger partial charge in [0.15, 0.2) is 5.96 Å². The van der Waals surface area contributed by atoms with Gasteiger partial charge < -0.3 is 15.4 Å². The van der Waals surface area contributed by atoms with Crippen LogP contribution in [0.5, 0.6) is 5.88 Å². The second-order valence-corrected chi connectivity index (χ2v) is 7.24. The molecule has 1 atom stereocenters. The monoisotopic (exact) mass is 361 g/mol. The maximum absolute atomic E-state index is 5.18. The average molecular weight is 362 g/mol. The van der Waals surface area contributed by atoms with Gasteiger partial charge in [0, 0.05) is 25.7 Å². The quantitative estimate of drug-likeness (QED) is 0.577. The molecule has 2 N–H and O–H groups in total. The van der Waals surface area contributed by atoms with Gasteiger partial charge in [-0.1, -0.05) is 32.8 Å². The Hall–Kier alpha value is -1.82. The van der Waals surface area contributed by atoms with Crippen LogP contribution in [0, 0.1) is 5.92 Å². The molecule has 0 bridgehead atoms. The lowest BCUT2D eigenvalue weighted by Crippen LogP contribution is -2.49. The number of nitrogens with one attached hydrogen (secondary N) is 2.